The number of aryl methyl sites for hydroxylation is 1. The first-order chi connectivity index (χ1) is 13.0. The van der Waals surface area contributed by atoms with Crippen LogP contribution in [0.25, 0.3) is 11.0 Å². The molecule has 0 aliphatic rings. The average Bonchev–Trinajstić information content (AvgIpc) is 3.05. The standard InChI is InChI=1S/C20H23N3O4/c1-12(14-6-7-15-16(11-14)23-20(25)22-15)21-19(24)9-5-13-4-8-17(26-2)18(10-13)27-3/h4,6-8,10-12H,5,9H2,1-3H3,(H,21,24)(H2,22,23,25). The van der Waals surface area contributed by atoms with E-state index in [1.54, 1.807) is 14.2 Å². The Morgan fingerprint density at radius 3 is 2.52 bits per heavy atom. The summed E-state index contributed by atoms with van der Waals surface area (Å²) in [7, 11) is 3.18. The monoisotopic (exact) mass is 369 g/mol. The minimum absolute atomic E-state index is 0.0417. The molecule has 0 fully saturated rings. The lowest BCUT2D eigenvalue weighted by molar-refractivity contribution is -0.121. The number of benzene rings is 2. The molecule has 1 unspecified atom stereocenters. The number of rotatable bonds is 7. The van der Waals surface area contributed by atoms with Crippen LogP contribution in [0.5, 0.6) is 11.5 Å². The molecule has 3 N–H and O–H groups in total. The number of imidazole rings is 1. The zero-order valence-corrected chi connectivity index (χ0v) is 15.6. The van der Waals surface area contributed by atoms with Crippen LogP contribution in [0.4, 0.5) is 0 Å². The van der Waals surface area contributed by atoms with Gasteiger partial charge in [0.05, 0.1) is 31.3 Å². The van der Waals surface area contributed by atoms with Crippen molar-refractivity contribution in [2.24, 2.45) is 0 Å². The highest BCUT2D eigenvalue weighted by Gasteiger charge is 2.12. The van der Waals surface area contributed by atoms with Gasteiger partial charge < -0.3 is 24.8 Å². The third-order valence-electron chi connectivity index (χ3n) is 4.51. The van der Waals surface area contributed by atoms with E-state index in [2.05, 4.69) is 15.3 Å². The minimum atomic E-state index is -0.242. The van der Waals surface area contributed by atoms with E-state index in [0.717, 1.165) is 22.2 Å². The van der Waals surface area contributed by atoms with Gasteiger partial charge in [0.2, 0.25) is 5.91 Å². The van der Waals surface area contributed by atoms with Gasteiger partial charge in [-0.15, -0.1) is 0 Å². The Labute approximate surface area is 156 Å². The number of nitrogens with one attached hydrogen (secondary N) is 3. The molecule has 142 valence electrons. The summed E-state index contributed by atoms with van der Waals surface area (Å²) in [6.07, 6.45) is 0.964. The highest BCUT2D eigenvalue weighted by molar-refractivity contribution is 5.78. The molecule has 0 radical (unpaired) electrons. The van der Waals surface area contributed by atoms with E-state index < -0.39 is 0 Å². The predicted octanol–water partition coefficient (Wildman–Crippen LogP) is 2.68. The molecule has 0 spiro atoms. The number of fused-ring (bicyclic) bond motifs is 1. The molecule has 0 aliphatic heterocycles. The zero-order chi connectivity index (χ0) is 19.4. The molecule has 0 bridgehead atoms. The van der Waals surface area contributed by atoms with Gasteiger partial charge in [0.15, 0.2) is 11.5 Å². The minimum Gasteiger partial charge on any atom is -0.493 e. The number of methoxy groups -OCH3 is 2. The van der Waals surface area contributed by atoms with Crippen molar-refractivity contribution in [3.63, 3.8) is 0 Å². The Bertz CT molecular complexity index is 1010. The molecule has 7 heteroatoms. The maximum absolute atomic E-state index is 12.3. The molecule has 7 nitrogen and oxygen atoms in total. The molecular formula is C20H23N3O4. The average molecular weight is 369 g/mol. The lowest BCUT2D eigenvalue weighted by Crippen LogP contribution is -2.26. The second-order valence-electron chi connectivity index (χ2n) is 6.36. The van der Waals surface area contributed by atoms with Crippen molar-refractivity contribution in [3.8, 4) is 11.5 Å². The van der Waals surface area contributed by atoms with Gasteiger partial charge in [0, 0.05) is 6.42 Å². The van der Waals surface area contributed by atoms with E-state index in [4.69, 9.17) is 9.47 Å². The van der Waals surface area contributed by atoms with Crippen molar-refractivity contribution in [1.29, 1.82) is 0 Å². The van der Waals surface area contributed by atoms with Gasteiger partial charge in [0.25, 0.3) is 0 Å². The van der Waals surface area contributed by atoms with Crippen molar-refractivity contribution in [2.45, 2.75) is 25.8 Å². The van der Waals surface area contributed by atoms with Gasteiger partial charge in [0.1, 0.15) is 0 Å². The fourth-order valence-corrected chi connectivity index (χ4v) is 3.01. The van der Waals surface area contributed by atoms with E-state index in [9.17, 15) is 9.59 Å². The summed E-state index contributed by atoms with van der Waals surface area (Å²) in [6.45, 7) is 1.92. The Balaban J connectivity index is 1.60. The summed E-state index contributed by atoms with van der Waals surface area (Å²) in [6, 6.07) is 11.1. The lowest BCUT2D eigenvalue weighted by Gasteiger charge is -2.15. The van der Waals surface area contributed by atoms with Gasteiger partial charge in [-0.05, 0) is 48.7 Å². The first-order valence-electron chi connectivity index (χ1n) is 8.72. The number of amides is 1. The van der Waals surface area contributed by atoms with Crippen LogP contribution < -0.4 is 20.5 Å². The summed E-state index contributed by atoms with van der Waals surface area (Å²) >= 11 is 0. The molecule has 0 aliphatic carbocycles. The molecule has 1 aromatic heterocycles. The van der Waals surface area contributed by atoms with Crippen LogP contribution >= 0.6 is 0 Å². The molecule has 1 atom stereocenters. The molecular weight excluding hydrogens is 346 g/mol. The molecule has 1 heterocycles. The molecule has 0 saturated carbocycles. The summed E-state index contributed by atoms with van der Waals surface area (Å²) in [5.41, 5.74) is 3.16. The van der Waals surface area contributed by atoms with Crippen LogP contribution in [0.2, 0.25) is 0 Å². The van der Waals surface area contributed by atoms with E-state index >= 15 is 0 Å². The van der Waals surface area contributed by atoms with Crippen molar-refractivity contribution < 1.29 is 14.3 Å². The van der Waals surface area contributed by atoms with Crippen molar-refractivity contribution in [2.75, 3.05) is 14.2 Å². The smallest absolute Gasteiger partial charge is 0.323 e. The van der Waals surface area contributed by atoms with Gasteiger partial charge in [-0.25, -0.2) is 4.79 Å². The SMILES string of the molecule is COc1ccc(CCC(=O)NC(C)c2ccc3[nH]c(=O)[nH]c3c2)cc1OC. The number of carbonyl (C=O) groups is 1. The first kappa shape index (κ1) is 18.6. The lowest BCUT2D eigenvalue weighted by atomic mass is 10.1. The van der Waals surface area contributed by atoms with Crippen LogP contribution in [0.15, 0.2) is 41.2 Å². The van der Waals surface area contributed by atoms with Gasteiger partial charge >= 0.3 is 5.69 Å². The molecule has 1 amide bonds. The fraction of sp³-hybridized carbons (Fsp3) is 0.300. The normalized spacial score (nSPS) is 12.0. The Hall–Kier alpha value is -3.22. The van der Waals surface area contributed by atoms with Crippen LogP contribution in [0.3, 0.4) is 0 Å². The maximum Gasteiger partial charge on any atom is 0.323 e. The number of H-pyrrole nitrogens is 2. The largest absolute Gasteiger partial charge is 0.493 e. The van der Waals surface area contributed by atoms with Crippen LogP contribution in [0, 0.1) is 0 Å². The third-order valence-corrected chi connectivity index (χ3v) is 4.51. The number of carbonyl (C=O) groups excluding carboxylic acids is 1. The van der Waals surface area contributed by atoms with E-state index in [1.807, 2.05) is 43.3 Å². The van der Waals surface area contributed by atoms with Gasteiger partial charge in [-0.2, -0.15) is 0 Å². The number of hydrogen-bond donors (Lipinski definition) is 3. The summed E-state index contributed by atoms with van der Waals surface area (Å²) in [4.78, 5) is 29.1. The second-order valence-corrected chi connectivity index (χ2v) is 6.36. The summed E-state index contributed by atoms with van der Waals surface area (Å²) < 4.78 is 10.5. The summed E-state index contributed by atoms with van der Waals surface area (Å²) in [5, 5.41) is 2.99. The third kappa shape index (κ3) is 4.31. The van der Waals surface area contributed by atoms with E-state index in [1.165, 1.54) is 0 Å². The van der Waals surface area contributed by atoms with Gasteiger partial charge in [-0.1, -0.05) is 12.1 Å². The Morgan fingerprint density at radius 1 is 1.04 bits per heavy atom. The van der Waals surface area contributed by atoms with Crippen LogP contribution in [0.1, 0.15) is 30.5 Å². The molecule has 0 saturated heterocycles. The number of hydrogen-bond acceptors (Lipinski definition) is 4. The zero-order valence-electron chi connectivity index (χ0n) is 15.6. The topological polar surface area (TPSA) is 96.2 Å². The van der Waals surface area contributed by atoms with E-state index in [0.29, 0.717) is 24.3 Å². The van der Waals surface area contributed by atoms with Crippen molar-refractivity contribution in [1.82, 2.24) is 15.3 Å². The fourth-order valence-electron chi connectivity index (χ4n) is 3.01. The molecule has 3 aromatic rings. The molecule has 3 rings (SSSR count). The van der Waals surface area contributed by atoms with Crippen molar-refractivity contribution in [3.05, 3.63) is 58.0 Å². The van der Waals surface area contributed by atoms with Crippen molar-refractivity contribution >= 4 is 16.9 Å². The van der Waals surface area contributed by atoms with Crippen LogP contribution in [-0.2, 0) is 11.2 Å². The highest BCUT2D eigenvalue weighted by Crippen LogP contribution is 2.28. The number of aromatic amines is 2. The first-order valence-corrected chi connectivity index (χ1v) is 8.72. The number of ether oxygens (including phenoxy) is 2. The number of aromatic nitrogens is 2. The molecule has 2 aromatic carbocycles. The Kier molecular flexibility index (Phi) is 5.49. The quantitative estimate of drug-likeness (QED) is 0.597. The predicted molar refractivity (Wildman–Crippen MR) is 103 cm³/mol. The maximum atomic E-state index is 12.3. The highest BCUT2D eigenvalue weighted by atomic mass is 16.5. The van der Waals surface area contributed by atoms with Crippen LogP contribution in [-0.4, -0.2) is 30.1 Å². The van der Waals surface area contributed by atoms with E-state index in [-0.39, 0.29) is 17.6 Å². The molecule has 27 heavy (non-hydrogen) atoms. The second kappa shape index (κ2) is 7.99. The summed E-state index contributed by atoms with van der Waals surface area (Å²) in [5.74, 6) is 1.27. The Morgan fingerprint density at radius 2 is 1.78 bits per heavy atom. The van der Waals surface area contributed by atoms with Gasteiger partial charge in [-0.3, -0.25) is 4.79 Å².